The second-order valence-corrected chi connectivity index (χ2v) is 9.39. The summed E-state index contributed by atoms with van der Waals surface area (Å²) >= 11 is 11.9. The molecule has 7 nitrogen and oxygen atoms in total. The van der Waals surface area contributed by atoms with Gasteiger partial charge in [-0.3, -0.25) is 4.79 Å². The number of carbonyl (C=O) groups is 1. The number of hydrogen-bond donors (Lipinski definition) is 1. The number of benzene rings is 2. The predicted molar refractivity (Wildman–Crippen MR) is 112 cm³/mol. The van der Waals surface area contributed by atoms with E-state index >= 15 is 0 Å². The molecule has 3 rings (SSSR count). The van der Waals surface area contributed by atoms with E-state index in [0.717, 1.165) is 12.1 Å². The van der Waals surface area contributed by atoms with Crippen molar-refractivity contribution in [2.45, 2.75) is 11.1 Å². The standard InChI is InChI=1S/C19H17Cl2F3N2O5S/c20-14-3-1-12(19(22,23)24)9-16(14)25-18(27)11-31-17-4-2-13(10-15(17)21)32(28,29)26-5-7-30-8-6-26/h1-4,9-10H,5-8,11H2,(H,25,27). The lowest BCUT2D eigenvalue weighted by Crippen LogP contribution is -2.40. The van der Waals surface area contributed by atoms with E-state index in [2.05, 4.69) is 5.32 Å². The summed E-state index contributed by atoms with van der Waals surface area (Å²) in [5, 5.41) is 2.10. The molecule has 0 saturated carbocycles. The molecular formula is C19H17Cl2F3N2O5S. The third-order valence-electron chi connectivity index (χ3n) is 4.44. The van der Waals surface area contributed by atoms with Gasteiger partial charge < -0.3 is 14.8 Å². The van der Waals surface area contributed by atoms with Crippen molar-refractivity contribution in [3.8, 4) is 5.75 Å². The number of nitrogens with zero attached hydrogens (tertiary/aromatic N) is 1. The van der Waals surface area contributed by atoms with Crippen molar-refractivity contribution in [1.82, 2.24) is 4.31 Å². The molecule has 1 aliphatic rings. The first kappa shape index (κ1) is 24.6. The van der Waals surface area contributed by atoms with Gasteiger partial charge in [-0.05, 0) is 36.4 Å². The third-order valence-corrected chi connectivity index (χ3v) is 6.96. The predicted octanol–water partition coefficient (Wildman–Crippen LogP) is 4.05. The van der Waals surface area contributed by atoms with Gasteiger partial charge in [-0.15, -0.1) is 0 Å². The average Bonchev–Trinajstić information content (AvgIpc) is 2.74. The van der Waals surface area contributed by atoms with Crippen LogP contribution in [0.25, 0.3) is 0 Å². The maximum atomic E-state index is 12.8. The number of hydrogen-bond acceptors (Lipinski definition) is 5. The van der Waals surface area contributed by atoms with E-state index < -0.39 is 34.3 Å². The zero-order valence-corrected chi connectivity index (χ0v) is 18.6. The molecule has 1 fully saturated rings. The van der Waals surface area contributed by atoms with Gasteiger partial charge in [0.2, 0.25) is 10.0 Å². The summed E-state index contributed by atoms with van der Waals surface area (Å²) in [6.07, 6.45) is -4.60. The minimum absolute atomic E-state index is 0.0258. The highest BCUT2D eigenvalue weighted by atomic mass is 35.5. The highest BCUT2D eigenvalue weighted by Gasteiger charge is 2.31. The van der Waals surface area contributed by atoms with Crippen LogP contribution >= 0.6 is 23.2 Å². The van der Waals surface area contributed by atoms with Crippen molar-refractivity contribution in [2.24, 2.45) is 0 Å². The Morgan fingerprint density at radius 3 is 2.41 bits per heavy atom. The van der Waals surface area contributed by atoms with Crippen molar-refractivity contribution in [3.63, 3.8) is 0 Å². The number of amides is 1. The number of carbonyl (C=O) groups excluding carboxylic acids is 1. The first-order chi connectivity index (χ1) is 15.0. The van der Waals surface area contributed by atoms with E-state index in [1.165, 1.54) is 22.5 Å². The highest BCUT2D eigenvalue weighted by molar-refractivity contribution is 7.89. The monoisotopic (exact) mass is 512 g/mol. The number of ether oxygens (including phenoxy) is 2. The Kier molecular flexibility index (Phi) is 7.56. The summed E-state index contributed by atoms with van der Waals surface area (Å²) in [5.41, 5.74) is -1.20. The van der Waals surface area contributed by atoms with E-state index in [4.69, 9.17) is 32.7 Å². The fourth-order valence-electron chi connectivity index (χ4n) is 2.82. The molecule has 1 amide bonds. The van der Waals surface area contributed by atoms with Gasteiger partial charge in [0.05, 0.1) is 39.4 Å². The van der Waals surface area contributed by atoms with E-state index in [-0.39, 0.29) is 39.5 Å². The van der Waals surface area contributed by atoms with E-state index in [1.54, 1.807) is 0 Å². The molecule has 1 saturated heterocycles. The lowest BCUT2D eigenvalue weighted by atomic mass is 10.2. The average molecular weight is 513 g/mol. The molecule has 0 aromatic heterocycles. The minimum atomic E-state index is -4.60. The second-order valence-electron chi connectivity index (χ2n) is 6.64. The van der Waals surface area contributed by atoms with Gasteiger partial charge >= 0.3 is 6.18 Å². The van der Waals surface area contributed by atoms with Crippen molar-refractivity contribution in [2.75, 3.05) is 38.2 Å². The molecule has 0 bridgehead atoms. The summed E-state index contributed by atoms with van der Waals surface area (Å²) in [6, 6.07) is 6.29. The molecule has 0 unspecified atom stereocenters. The van der Waals surface area contributed by atoms with Gasteiger partial charge in [0.1, 0.15) is 5.75 Å². The third kappa shape index (κ3) is 5.84. The van der Waals surface area contributed by atoms with Crippen molar-refractivity contribution < 1.29 is 35.9 Å². The quantitative estimate of drug-likeness (QED) is 0.630. The van der Waals surface area contributed by atoms with Gasteiger partial charge in [-0.25, -0.2) is 8.42 Å². The van der Waals surface area contributed by atoms with Crippen LogP contribution in [0.1, 0.15) is 5.56 Å². The Hall–Kier alpha value is -2.05. The summed E-state index contributed by atoms with van der Waals surface area (Å²) in [4.78, 5) is 12.1. The summed E-state index contributed by atoms with van der Waals surface area (Å²) in [7, 11) is -3.77. The Bertz CT molecular complexity index is 1110. The van der Waals surface area contributed by atoms with Gasteiger partial charge in [0.15, 0.2) is 6.61 Å². The van der Waals surface area contributed by atoms with Crippen LogP contribution in [-0.4, -0.2) is 51.5 Å². The number of nitrogens with one attached hydrogen (secondary N) is 1. The number of alkyl halides is 3. The van der Waals surface area contributed by atoms with E-state index in [9.17, 15) is 26.4 Å². The number of morpholine rings is 1. The van der Waals surface area contributed by atoms with Gasteiger partial charge in [0, 0.05) is 13.1 Å². The molecule has 13 heteroatoms. The van der Waals surface area contributed by atoms with Gasteiger partial charge in [-0.1, -0.05) is 23.2 Å². The molecule has 0 spiro atoms. The molecule has 2 aromatic rings. The molecular weight excluding hydrogens is 496 g/mol. The number of sulfonamides is 1. The topological polar surface area (TPSA) is 84.9 Å². The Morgan fingerprint density at radius 1 is 1.09 bits per heavy atom. The number of anilines is 1. The van der Waals surface area contributed by atoms with Crippen LogP contribution in [0.5, 0.6) is 5.75 Å². The van der Waals surface area contributed by atoms with E-state index in [0.29, 0.717) is 19.3 Å². The molecule has 0 atom stereocenters. The maximum Gasteiger partial charge on any atom is 0.416 e. The summed E-state index contributed by atoms with van der Waals surface area (Å²) in [5.74, 6) is -0.759. The smallest absolute Gasteiger partial charge is 0.416 e. The molecule has 174 valence electrons. The van der Waals surface area contributed by atoms with Gasteiger partial charge in [-0.2, -0.15) is 17.5 Å². The minimum Gasteiger partial charge on any atom is -0.482 e. The number of rotatable bonds is 6. The zero-order valence-electron chi connectivity index (χ0n) is 16.3. The first-order valence-electron chi connectivity index (χ1n) is 9.15. The van der Waals surface area contributed by atoms with Crippen LogP contribution in [0.3, 0.4) is 0 Å². The van der Waals surface area contributed by atoms with Crippen LogP contribution in [0.4, 0.5) is 18.9 Å². The molecule has 1 heterocycles. The van der Waals surface area contributed by atoms with Crippen LogP contribution in [-0.2, 0) is 25.7 Å². The van der Waals surface area contributed by atoms with Crippen molar-refractivity contribution in [1.29, 1.82) is 0 Å². The zero-order chi connectivity index (χ0) is 23.5. The normalized spacial score (nSPS) is 15.4. The van der Waals surface area contributed by atoms with E-state index in [1.807, 2.05) is 0 Å². The molecule has 32 heavy (non-hydrogen) atoms. The highest BCUT2D eigenvalue weighted by Crippen LogP contribution is 2.34. The summed E-state index contributed by atoms with van der Waals surface area (Å²) in [6.45, 7) is 0.424. The summed E-state index contributed by atoms with van der Waals surface area (Å²) < 4.78 is 75.5. The molecule has 0 radical (unpaired) electrons. The first-order valence-corrected chi connectivity index (χ1v) is 11.3. The molecule has 1 N–H and O–H groups in total. The van der Waals surface area contributed by atoms with Crippen molar-refractivity contribution >= 4 is 44.8 Å². The van der Waals surface area contributed by atoms with Gasteiger partial charge in [0.25, 0.3) is 5.91 Å². The molecule has 0 aliphatic carbocycles. The SMILES string of the molecule is O=C(COc1ccc(S(=O)(=O)N2CCOCC2)cc1Cl)Nc1cc(C(F)(F)F)ccc1Cl. The largest absolute Gasteiger partial charge is 0.482 e. The van der Waals surface area contributed by atoms with Crippen molar-refractivity contribution in [3.05, 3.63) is 52.0 Å². The fraction of sp³-hybridized carbons (Fsp3) is 0.316. The second kappa shape index (κ2) is 9.84. The molecule has 2 aromatic carbocycles. The fourth-order valence-corrected chi connectivity index (χ4v) is 4.72. The lowest BCUT2D eigenvalue weighted by Gasteiger charge is -2.26. The lowest BCUT2D eigenvalue weighted by molar-refractivity contribution is -0.137. The molecule has 1 aliphatic heterocycles. The maximum absolute atomic E-state index is 12.8. The Morgan fingerprint density at radius 2 is 1.78 bits per heavy atom. The van der Waals surface area contributed by atoms with Crippen LogP contribution < -0.4 is 10.1 Å². The van der Waals surface area contributed by atoms with Crippen LogP contribution in [0.15, 0.2) is 41.3 Å². The Labute approximate surface area is 192 Å². The van der Waals surface area contributed by atoms with Crippen LogP contribution in [0.2, 0.25) is 10.0 Å². The number of halogens is 5. The van der Waals surface area contributed by atoms with Crippen LogP contribution in [0, 0.1) is 0 Å². The Balaban J connectivity index is 1.65.